The van der Waals surface area contributed by atoms with Gasteiger partial charge in [0.2, 0.25) is 0 Å². The fourth-order valence-electron chi connectivity index (χ4n) is 8.21. The van der Waals surface area contributed by atoms with Crippen molar-refractivity contribution in [3.8, 4) is 0 Å². The molecule has 0 radical (unpaired) electrons. The Hall–Kier alpha value is -1.92. The van der Waals surface area contributed by atoms with Crippen LogP contribution in [0.4, 0.5) is 0 Å². The summed E-state index contributed by atoms with van der Waals surface area (Å²) in [4.78, 5) is 50.3. The van der Waals surface area contributed by atoms with Crippen molar-refractivity contribution in [2.75, 3.05) is 7.11 Å². The summed E-state index contributed by atoms with van der Waals surface area (Å²) >= 11 is 0. The third-order valence-corrected chi connectivity index (χ3v) is 9.54. The largest absolute Gasteiger partial charge is 0.469 e. The minimum Gasteiger partial charge on any atom is -0.469 e. The second-order valence-electron chi connectivity index (χ2n) is 10.9. The van der Waals surface area contributed by atoms with E-state index in [4.69, 9.17) is 14.2 Å². The fraction of sp³-hybridized carbons (Fsp3) is 0.840. The highest BCUT2D eigenvalue weighted by molar-refractivity contribution is 5.91. The zero-order chi connectivity index (χ0) is 23.4. The van der Waals surface area contributed by atoms with Crippen LogP contribution in [0.5, 0.6) is 0 Å². The van der Waals surface area contributed by atoms with Crippen LogP contribution in [0.3, 0.4) is 0 Å². The number of hydrogen-bond acceptors (Lipinski definition) is 7. The van der Waals surface area contributed by atoms with Gasteiger partial charge in [0, 0.05) is 25.2 Å². The summed E-state index contributed by atoms with van der Waals surface area (Å²) in [5.74, 6) is -1.18. The van der Waals surface area contributed by atoms with Gasteiger partial charge in [0.05, 0.1) is 13.0 Å². The van der Waals surface area contributed by atoms with Gasteiger partial charge in [0.15, 0.2) is 11.9 Å². The molecule has 0 amide bonds. The number of esters is 3. The average Bonchev–Trinajstić information content (AvgIpc) is 3.07. The van der Waals surface area contributed by atoms with Crippen LogP contribution in [0.25, 0.3) is 0 Å². The van der Waals surface area contributed by atoms with Gasteiger partial charge in [-0.15, -0.1) is 0 Å². The van der Waals surface area contributed by atoms with Crippen LogP contribution < -0.4 is 0 Å². The van der Waals surface area contributed by atoms with E-state index in [-0.39, 0.29) is 52.9 Å². The van der Waals surface area contributed by atoms with Crippen LogP contribution in [0.15, 0.2) is 0 Å². The van der Waals surface area contributed by atoms with E-state index >= 15 is 0 Å². The Bertz CT molecular complexity index is 821. The molecular weight excluding hydrogens is 412 g/mol. The third-order valence-electron chi connectivity index (χ3n) is 9.54. The first-order valence-corrected chi connectivity index (χ1v) is 12.0. The molecule has 4 aliphatic rings. The smallest absolute Gasteiger partial charge is 0.309 e. The number of hydrogen-bond donors (Lipinski definition) is 0. The van der Waals surface area contributed by atoms with Crippen LogP contribution >= 0.6 is 0 Å². The number of fused-ring (bicyclic) bond motifs is 5. The van der Waals surface area contributed by atoms with E-state index < -0.39 is 23.4 Å². The lowest BCUT2D eigenvalue weighted by Gasteiger charge is -2.61. The molecular formula is C25H36O7. The van der Waals surface area contributed by atoms with Crippen molar-refractivity contribution in [3.63, 3.8) is 0 Å². The monoisotopic (exact) mass is 448 g/mol. The Labute approximate surface area is 189 Å². The molecule has 0 aliphatic heterocycles. The van der Waals surface area contributed by atoms with Crippen LogP contribution in [0.2, 0.25) is 0 Å². The SMILES string of the molecule is COC(=O)[C@H]1CC[C@H]2[C@@H]3CC[C@H]4C[C@@H](OC(C)=O)CC[C@]4(C)[C@H]3C(=O)[C@H](OC(C)=O)[C@]12C. The third kappa shape index (κ3) is 3.38. The van der Waals surface area contributed by atoms with Crippen molar-refractivity contribution < 1.29 is 33.4 Å². The molecule has 4 fully saturated rings. The molecule has 7 nitrogen and oxygen atoms in total. The van der Waals surface area contributed by atoms with Crippen LogP contribution in [0, 0.1) is 40.4 Å². The molecule has 0 unspecified atom stereocenters. The molecule has 0 aromatic heterocycles. The second-order valence-corrected chi connectivity index (χ2v) is 10.9. The summed E-state index contributed by atoms with van der Waals surface area (Å²) < 4.78 is 16.3. The molecule has 0 N–H and O–H groups in total. The van der Waals surface area contributed by atoms with Crippen molar-refractivity contribution in [3.05, 3.63) is 0 Å². The maximum Gasteiger partial charge on any atom is 0.309 e. The summed E-state index contributed by atoms with van der Waals surface area (Å²) in [6.07, 6.45) is 4.67. The lowest BCUT2D eigenvalue weighted by molar-refractivity contribution is -0.200. The van der Waals surface area contributed by atoms with Gasteiger partial charge >= 0.3 is 17.9 Å². The van der Waals surface area contributed by atoms with E-state index in [0.717, 1.165) is 38.5 Å². The first-order valence-electron chi connectivity index (χ1n) is 12.0. The minimum absolute atomic E-state index is 0.0297. The zero-order valence-corrected chi connectivity index (χ0v) is 19.8. The summed E-state index contributed by atoms with van der Waals surface area (Å²) in [5.41, 5.74) is -0.963. The fourth-order valence-corrected chi connectivity index (χ4v) is 8.21. The van der Waals surface area contributed by atoms with Crippen molar-refractivity contribution in [1.29, 1.82) is 0 Å². The van der Waals surface area contributed by atoms with Crippen molar-refractivity contribution in [1.82, 2.24) is 0 Å². The maximum absolute atomic E-state index is 14.1. The molecule has 0 saturated heterocycles. The Balaban J connectivity index is 1.70. The van der Waals surface area contributed by atoms with E-state index in [2.05, 4.69) is 6.92 Å². The molecule has 4 saturated carbocycles. The highest BCUT2D eigenvalue weighted by atomic mass is 16.6. The van der Waals surface area contributed by atoms with Crippen LogP contribution in [-0.4, -0.2) is 43.0 Å². The van der Waals surface area contributed by atoms with Crippen LogP contribution in [0.1, 0.15) is 72.6 Å². The van der Waals surface area contributed by atoms with E-state index in [1.54, 1.807) is 0 Å². The van der Waals surface area contributed by atoms with Gasteiger partial charge in [-0.05, 0) is 68.1 Å². The molecule has 0 heterocycles. The molecule has 9 atom stereocenters. The van der Waals surface area contributed by atoms with E-state index in [0.29, 0.717) is 6.42 Å². The molecule has 0 bridgehead atoms. The lowest BCUT2D eigenvalue weighted by Crippen LogP contribution is -2.64. The number of carbonyl (C=O) groups excluding carboxylic acids is 4. The van der Waals surface area contributed by atoms with Gasteiger partial charge in [-0.25, -0.2) is 0 Å². The molecule has 4 rings (SSSR count). The highest BCUT2D eigenvalue weighted by Gasteiger charge is 2.69. The molecule has 32 heavy (non-hydrogen) atoms. The van der Waals surface area contributed by atoms with Crippen LogP contribution in [-0.2, 0) is 33.4 Å². The van der Waals surface area contributed by atoms with E-state index in [9.17, 15) is 19.2 Å². The highest BCUT2D eigenvalue weighted by Crippen LogP contribution is 2.67. The first kappa shape index (κ1) is 23.2. The van der Waals surface area contributed by atoms with Crippen molar-refractivity contribution in [2.24, 2.45) is 40.4 Å². The van der Waals surface area contributed by atoms with Gasteiger partial charge < -0.3 is 14.2 Å². The topological polar surface area (TPSA) is 96.0 Å². The number of Topliss-reactive ketones (excluding diaryl/α,β-unsaturated/α-hetero) is 1. The first-order chi connectivity index (χ1) is 15.0. The number of rotatable bonds is 3. The summed E-state index contributed by atoms with van der Waals surface area (Å²) in [6.45, 7) is 6.93. The Morgan fingerprint density at radius 3 is 2.25 bits per heavy atom. The summed E-state index contributed by atoms with van der Waals surface area (Å²) in [7, 11) is 1.38. The van der Waals surface area contributed by atoms with E-state index in [1.807, 2.05) is 6.92 Å². The Morgan fingerprint density at radius 1 is 0.938 bits per heavy atom. The van der Waals surface area contributed by atoms with Crippen molar-refractivity contribution >= 4 is 23.7 Å². The molecule has 178 valence electrons. The minimum atomic E-state index is -0.931. The normalized spacial score (nSPS) is 45.2. The van der Waals surface area contributed by atoms with Gasteiger partial charge in [-0.1, -0.05) is 13.8 Å². The summed E-state index contributed by atoms with van der Waals surface area (Å²) in [6, 6.07) is 0. The van der Waals surface area contributed by atoms with Gasteiger partial charge in [0.25, 0.3) is 0 Å². The number of carbonyl (C=O) groups is 4. The standard InChI is InChI=1S/C25H36O7/c1-13(26)31-16-10-11-24(3)15(12-16)6-7-17-18-8-9-19(23(29)30-5)25(18,4)22(32-14(2)27)21(28)20(17)24/h15-20,22H,6-12H2,1-5H3/t15-,16-,17-,18-,19+,20+,22-,24-,25-/m0/s1. The number of ether oxygens (including phenoxy) is 3. The van der Waals surface area contributed by atoms with E-state index in [1.165, 1.54) is 21.0 Å². The van der Waals surface area contributed by atoms with Crippen molar-refractivity contribution in [2.45, 2.75) is 84.8 Å². The Morgan fingerprint density at radius 2 is 1.62 bits per heavy atom. The predicted octanol–water partition coefficient (Wildman–Crippen LogP) is 3.47. The average molecular weight is 449 g/mol. The quantitative estimate of drug-likeness (QED) is 0.482. The van der Waals surface area contributed by atoms with Gasteiger partial charge in [-0.3, -0.25) is 19.2 Å². The Kier molecular flexibility index (Phi) is 5.91. The number of ketones is 1. The second kappa shape index (κ2) is 8.14. The molecule has 0 aromatic carbocycles. The molecule has 7 heteroatoms. The van der Waals surface area contributed by atoms with Gasteiger partial charge in [0.1, 0.15) is 6.10 Å². The molecule has 0 spiro atoms. The molecule has 4 aliphatic carbocycles. The molecule has 0 aromatic rings. The maximum atomic E-state index is 14.1. The lowest BCUT2D eigenvalue weighted by atomic mass is 9.43. The van der Waals surface area contributed by atoms with Gasteiger partial charge in [-0.2, -0.15) is 0 Å². The number of methoxy groups -OCH3 is 1. The predicted molar refractivity (Wildman–Crippen MR) is 114 cm³/mol. The summed E-state index contributed by atoms with van der Waals surface area (Å²) in [5, 5.41) is 0. The zero-order valence-electron chi connectivity index (χ0n) is 19.8.